The molecule has 5 nitrogen and oxygen atoms in total. The van der Waals surface area contributed by atoms with Crippen LogP contribution in [0.3, 0.4) is 0 Å². The molecule has 0 bridgehead atoms. The standard InChI is InChI=1S/C21H24N4OS/c1-14-6-7-17-16(10-14)18(23-9-8-22)11-20(24-17)25-12-15-4-2-3-5-19(15)27-21(26)13-25/h2-7,10-11,21,26H,8-9,12-13,22H2,1H3,(H,23,24). The molecule has 0 saturated heterocycles. The molecule has 3 aromatic rings. The molecule has 27 heavy (non-hydrogen) atoms. The molecule has 0 saturated carbocycles. The Morgan fingerprint density at radius 2 is 2.11 bits per heavy atom. The van der Waals surface area contributed by atoms with Crippen molar-refractivity contribution in [3.05, 3.63) is 59.7 Å². The van der Waals surface area contributed by atoms with Crippen LogP contribution in [0.5, 0.6) is 0 Å². The summed E-state index contributed by atoms with van der Waals surface area (Å²) >= 11 is 1.51. The lowest BCUT2D eigenvalue weighted by atomic mass is 10.1. The van der Waals surface area contributed by atoms with Gasteiger partial charge in [-0.15, -0.1) is 0 Å². The van der Waals surface area contributed by atoms with Crippen LogP contribution in [0.2, 0.25) is 0 Å². The van der Waals surface area contributed by atoms with Gasteiger partial charge in [0.05, 0.1) is 12.1 Å². The molecule has 4 rings (SSSR count). The van der Waals surface area contributed by atoms with Crippen molar-refractivity contribution in [2.75, 3.05) is 29.9 Å². The zero-order valence-electron chi connectivity index (χ0n) is 15.4. The maximum Gasteiger partial charge on any atom is 0.131 e. The molecule has 0 aliphatic carbocycles. The fraction of sp³-hybridized carbons (Fsp3) is 0.286. The predicted octanol–water partition coefficient (Wildman–Crippen LogP) is 3.34. The highest BCUT2D eigenvalue weighted by Crippen LogP contribution is 2.34. The molecule has 6 heteroatoms. The summed E-state index contributed by atoms with van der Waals surface area (Å²) in [5, 5.41) is 15.0. The van der Waals surface area contributed by atoms with Crippen molar-refractivity contribution < 1.29 is 5.11 Å². The number of nitrogens with zero attached hydrogens (tertiary/aromatic N) is 2. The molecular weight excluding hydrogens is 356 g/mol. The molecule has 0 spiro atoms. The molecular formula is C21H24N4OS. The summed E-state index contributed by atoms with van der Waals surface area (Å²) in [6.07, 6.45) is 0. The lowest BCUT2D eigenvalue weighted by molar-refractivity contribution is 0.268. The summed E-state index contributed by atoms with van der Waals surface area (Å²) in [7, 11) is 0. The van der Waals surface area contributed by atoms with Gasteiger partial charge in [-0.2, -0.15) is 0 Å². The van der Waals surface area contributed by atoms with Crippen LogP contribution in [0.4, 0.5) is 11.5 Å². The number of fused-ring (bicyclic) bond motifs is 2. The SMILES string of the molecule is Cc1ccc2nc(N3Cc4ccccc4SC(O)C3)cc(NCCN)c2c1. The van der Waals surface area contributed by atoms with Gasteiger partial charge in [-0.3, -0.25) is 0 Å². The molecule has 0 radical (unpaired) electrons. The third-order valence-corrected chi connectivity index (χ3v) is 5.78. The van der Waals surface area contributed by atoms with Gasteiger partial charge < -0.3 is 21.1 Å². The van der Waals surface area contributed by atoms with Crippen molar-refractivity contribution in [1.82, 2.24) is 4.98 Å². The van der Waals surface area contributed by atoms with Gasteiger partial charge in [0.1, 0.15) is 11.3 Å². The number of rotatable bonds is 4. The normalized spacial score (nSPS) is 16.9. The van der Waals surface area contributed by atoms with Gasteiger partial charge in [0.2, 0.25) is 0 Å². The molecule has 0 fully saturated rings. The van der Waals surface area contributed by atoms with E-state index in [0.29, 0.717) is 19.6 Å². The summed E-state index contributed by atoms with van der Waals surface area (Å²) in [5.41, 5.74) is 9.58. The number of aliphatic hydroxyl groups is 1. The van der Waals surface area contributed by atoms with E-state index in [1.165, 1.54) is 22.9 Å². The topological polar surface area (TPSA) is 74.4 Å². The first-order valence-corrected chi connectivity index (χ1v) is 10.0. The Kier molecular flexibility index (Phi) is 5.20. The van der Waals surface area contributed by atoms with Crippen LogP contribution in [0.1, 0.15) is 11.1 Å². The van der Waals surface area contributed by atoms with Crippen molar-refractivity contribution in [2.45, 2.75) is 23.8 Å². The number of aliphatic hydroxyl groups excluding tert-OH is 1. The van der Waals surface area contributed by atoms with E-state index in [1.807, 2.05) is 12.1 Å². The van der Waals surface area contributed by atoms with Gasteiger partial charge in [0, 0.05) is 41.7 Å². The van der Waals surface area contributed by atoms with Crippen LogP contribution < -0.4 is 16.0 Å². The summed E-state index contributed by atoms with van der Waals surface area (Å²) < 4.78 is 0. The number of nitrogens with one attached hydrogen (secondary N) is 1. The fourth-order valence-electron chi connectivity index (χ4n) is 3.41. The van der Waals surface area contributed by atoms with Gasteiger partial charge in [-0.1, -0.05) is 41.6 Å². The van der Waals surface area contributed by atoms with E-state index in [-0.39, 0.29) is 0 Å². The Morgan fingerprint density at radius 1 is 1.26 bits per heavy atom. The summed E-state index contributed by atoms with van der Waals surface area (Å²) in [6, 6.07) is 16.6. The van der Waals surface area contributed by atoms with E-state index < -0.39 is 5.44 Å². The number of anilines is 2. The van der Waals surface area contributed by atoms with Gasteiger partial charge in [-0.05, 0) is 30.7 Å². The first-order chi connectivity index (χ1) is 13.1. The molecule has 0 amide bonds. The molecule has 1 aliphatic rings. The van der Waals surface area contributed by atoms with Crippen LogP contribution in [0.25, 0.3) is 10.9 Å². The number of hydrogen-bond acceptors (Lipinski definition) is 6. The lowest BCUT2D eigenvalue weighted by Crippen LogP contribution is -2.29. The minimum atomic E-state index is -0.496. The number of pyridine rings is 1. The minimum Gasteiger partial charge on any atom is -0.383 e. The maximum atomic E-state index is 10.5. The van der Waals surface area contributed by atoms with Crippen LogP contribution in [0, 0.1) is 6.92 Å². The van der Waals surface area contributed by atoms with Crippen molar-refractivity contribution in [3.63, 3.8) is 0 Å². The molecule has 2 heterocycles. The van der Waals surface area contributed by atoms with E-state index in [4.69, 9.17) is 10.7 Å². The third kappa shape index (κ3) is 3.88. The maximum absolute atomic E-state index is 10.5. The second kappa shape index (κ2) is 7.76. The number of thioether (sulfide) groups is 1. The molecule has 1 unspecified atom stereocenters. The first kappa shape index (κ1) is 18.1. The lowest BCUT2D eigenvalue weighted by Gasteiger charge is -2.24. The zero-order valence-corrected chi connectivity index (χ0v) is 16.2. The highest BCUT2D eigenvalue weighted by molar-refractivity contribution is 7.99. The number of hydrogen-bond donors (Lipinski definition) is 3. The summed E-state index contributed by atoms with van der Waals surface area (Å²) in [6.45, 7) is 4.60. The second-order valence-corrected chi connectivity index (χ2v) is 8.04. The number of aryl methyl sites for hydroxylation is 1. The Balaban J connectivity index is 1.77. The fourth-order valence-corrected chi connectivity index (χ4v) is 4.40. The van der Waals surface area contributed by atoms with Gasteiger partial charge in [0.15, 0.2) is 0 Å². The zero-order chi connectivity index (χ0) is 18.8. The molecule has 2 aromatic carbocycles. The monoisotopic (exact) mass is 380 g/mol. The summed E-state index contributed by atoms with van der Waals surface area (Å²) in [5.74, 6) is 0.863. The average Bonchev–Trinajstić information content (AvgIpc) is 2.84. The van der Waals surface area contributed by atoms with E-state index >= 15 is 0 Å². The van der Waals surface area contributed by atoms with E-state index in [9.17, 15) is 5.11 Å². The Bertz CT molecular complexity index is 962. The number of benzene rings is 2. The smallest absolute Gasteiger partial charge is 0.131 e. The van der Waals surface area contributed by atoms with Crippen LogP contribution in [-0.2, 0) is 6.54 Å². The first-order valence-electron chi connectivity index (χ1n) is 9.17. The minimum absolute atomic E-state index is 0.496. The van der Waals surface area contributed by atoms with Crippen molar-refractivity contribution in [2.24, 2.45) is 5.73 Å². The largest absolute Gasteiger partial charge is 0.383 e. The highest BCUT2D eigenvalue weighted by Gasteiger charge is 2.22. The highest BCUT2D eigenvalue weighted by atomic mass is 32.2. The average molecular weight is 381 g/mol. The predicted molar refractivity (Wildman–Crippen MR) is 113 cm³/mol. The Hall–Kier alpha value is -2.28. The number of nitrogens with two attached hydrogens (primary N) is 1. The van der Waals surface area contributed by atoms with Gasteiger partial charge in [-0.25, -0.2) is 4.98 Å². The van der Waals surface area contributed by atoms with Gasteiger partial charge in [0.25, 0.3) is 0 Å². The van der Waals surface area contributed by atoms with Crippen LogP contribution in [-0.4, -0.2) is 35.2 Å². The molecule has 140 valence electrons. The summed E-state index contributed by atoms with van der Waals surface area (Å²) in [4.78, 5) is 8.17. The molecule has 1 aliphatic heterocycles. The number of β-amino-alcohol motifs (C(OH)–C–C–N with tert-alkyl or cyclic N) is 1. The van der Waals surface area contributed by atoms with E-state index in [2.05, 4.69) is 53.5 Å². The van der Waals surface area contributed by atoms with Gasteiger partial charge >= 0.3 is 0 Å². The van der Waals surface area contributed by atoms with Crippen molar-refractivity contribution in [3.8, 4) is 0 Å². The molecule has 1 aromatic heterocycles. The van der Waals surface area contributed by atoms with E-state index in [0.717, 1.165) is 33.8 Å². The number of aromatic nitrogens is 1. The quantitative estimate of drug-likeness (QED) is 0.645. The van der Waals surface area contributed by atoms with Crippen molar-refractivity contribution >= 4 is 34.2 Å². The second-order valence-electron chi connectivity index (χ2n) is 6.82. The van der Waals surface area contributed by atoms with Crippen LogP contribution >= 0.6 is 11.8 Å². The van der Waals surface area contributed by atoms with E-state index in [1.54, 1.807) is 0 Å². The third-order valence-electron chi connectivity index (χ3n) is 4.71. The molecule has 4 N–H and O–H groups in total. The van der Waals surface area contributed by atoms with Crippen molar-refractivity contribution in [1.29, 1.82) is 0 Å². The van der Waals surface area contributed by atoms with Crippen LogP contribution in [0.15, 0.2) is 53.4 Å². The Labute approximate surface area is 163 Å². The molecule has 1 atom stereocenters. The Morgan fingerprint density at radius 3 is 2.96 bits per heavy atom.